The van der Waals surface area contributed by atoms with E-state index in [0.717, 1.165) is 0 Å². The molecule has 0 aliphatic heterocycles. The van der Waals surface area contributed by atoms with Crippen LogP contribution in [0.25, 0.3) is 0 Å². The lowest BCUT2D eigenvalue weighted by atomic mass is 10.2. The molecular weight excluding hydrogens is 279 g/mol. The van der Waals surface area contributed by atoms with Gasteiger partial charge in [-0.15, -0.1) is 0 Å². The molecule has 1 aromatic rings. The average molecular weight is 300 g/mol. The minimum absolute atomic E-state index is 0.00311. The van der Waals surface area contributed by atoms with Gasteiger partial charge in [0.15, 0.2) is 0 Å². The highest BCUT2D eigenvalue weighted by Crippen LogP contribution is 2.17. The van der Waals surface area contributed by atoms with Crippen LogP contribution in [0.4, 0.5) is 15.8 Å². The summed E-state index contributed by atoms with van der Waals surface area (Å²) in [6.45, 7) is 5.72. The third-order valence-electron chi connectivity index (χ3n) is 2.70. The normalized spacial score (nSPS) is 13.0. The van der Waals surface area contributed by atoms with E-state index in [0.29, 0.717) is 17.9 Å². The van der Waals surface area contributed by atoms with Crippen LogP contribution >= 0.6 is 0 Å². The van der Waals surface area contributed by atoms with Gasteiger partial charge in [0.2, 0.25) is 5.91 Å². The number of nitrogen functional groups attached to an aromatic ring is 1. The summed E-state index contributed by atoms with van der Waals surface area (Å²) in [6, 6.07) is 4.04. The molecule has 0 aliphatic rings. The second-order valence-corrected chi connectivity index (χ2v) is 7.87. The van der Waals surface area contributed by atoms with Crippen LogP contribution in [0, 0.1) is 5.82 Å². The van der Waals surface area contributed by atoms with Crippen LogP contribution in [0.1, 0.15) is 33.6 Å². The molecule has 0 saturated heterocycles. The molecule has 0 aromatic heterocycles. The van der Waals surface area contributed by atoms with Gasteiger partial charge < -0.3 is 11.1 Å². The smallest absolute Gasteiger partial charge is 0.224 e. The van der Waals surface area contributed by atoms with Gasteiger partial charge in [0, 0.05) is 33.4 Å². The van der Waals surface area contributed by atoms with E-state index in [9.17, 15) is 13.4 Å². The molecule has 0 bridgehead atoms. The Morgan fingerprint density at radius 2 is 2.05 bits per heavy atom. The lowest BCUT2D eigenvalue weighted by Gasteiger charge is -2.17. The van der Waals surface area contributed by atoms with Crippen molar-refractivity contribution in [3.63, 3.8) is 0 Å². The molecule has 0 aliphatic carbocycles. The molecule has 1 rings (SSSR count). The van der Waals surface area contributed by atoms with Crippen molar-refractivity contribution in [2.45, 2.75) is 38.4 Å². The predicted molar refractivity (Wildman–Crippen MR) is 81.4 cm³/mol. The van der Waals surface area contributed by atoms with E-state index in [1.165, 1.54) is 18.2 Å². The molecule has 0 heterocycles. The maximum absolute atomic E-state index is 13.0. The van der Waals surface area contributed by atoms with Crippen molar-refractivity contribution in [1.29, 1.82) is 0 Å². The van der Waals surface area contributed by atoms with Gasteiger partial charge in [0.25, 0.3) is 0 Å². The summed E-state index contributed by atoms with van der Waals surface area (Å²) in [4.78, 5) is 11.7. The van der Waals surface area contributed by atoms with E-state index in [2.05, 4.69) is 5.32 Å². The molecule has 0 spiro atoms. The van der Waals surface area contributed by atoms with E-state index in [-0.39, 0.29) is 22.8 Å². The summed E-state index contributed by atoms with van der Waals surface area (Å²) in [5.74, 6) is -0.215. The molecule has 20 heavy (non-hydrogen) atoms. The zero-order chi connectivity index (χ0) is 15.3. The van der Waals surface area contributed by atoms with Gasteiger partial charge in [-0.1, -0.05) is 0 Å². The minimum atomic E-state index is -0.957. The third-order valence-corrected chi connectivity index (χ3v) is 4.72. The molecule has 112 valence electrons. The Balaban J connectivity index is 2.41. The van der Waals surface area contributed by atoms with Crippen molar-refractivity contribution in [1.82, 2.24) is 0 Å². The molecule has 1 unspecified atom stereocenters. The zero-order valence-electron chi connectivity index (χ0n) is 12.0. The number of halogens is 1. The van der Waals surface area contributed by atoms with E-state index in [1.807, 2.05) is 20.8 Å². The lowest BCUT2D eigenvalue weighted by molar-refractivity contribution is -0.116. The first-order valence-corrected chi connectivity index (χ1v) is 7.75. The Labute approximate surface area is 121 Å². The standard InChI is InChI=1S/C14H21FN2O2S/c1-14(2,3)20(19)8-4-5-13(18)17-10-6-7-11(15)12(16)9-10/h6-7,9H,4-5,8,16H2,1-3H3,(H,17,18). The maximum atomic E-state index is 13.0. The number of nitrogens with one attached hydrogen (secondary N) is 1. The highest BCUT2D eigenvalue weighted by Gasteiger charge is 2.19. The number of amides is 1. The minimum Gasteiger partial charge on any atom is -0.396 e. The highest BCUT2D eigenvalue weighted by atomic mass is 32.2. The van der Waals surface area contributed by atoms with Crippen molar-refractivity contribution in [2.24, 2.45) is 0 Å². The van der Waals surface area contributed by atoms with Crippen molar-refractivity contribution < 1.29 is 13.4 Å². The maximum Gasteiger partial charge on any atom is 0.224 e. The van der Waals surface area contributed by atoms with Crippen molar-refractivity contribution in [3.8, 4) is 0 Å². The number of rotatable bonds is 5. The number of anilines is 2. The van der Waals surface area contributed by atoms with Crippen molar-refractivity contribution in [3.05, 3.63) is 24.0 Å². The van der Waals surface area contributed by atoms with Gasteiger partial charge in [-0.25, -0.2) is 4.39 Å². The number of carbonyl (C=O) groups excluding carboxylic acids is 1. The predicted octanol–water partition coefficient (Wildman–Crippen LogP) is 2.67. The monoisotopic (exact) mass is 300 g/mol. The van der Waals surface area contributed by atoms with Gasteiger partial charge in [-0.05, 0) is 45.4 Å². The second-order valence-electron chi connectivity index (χ2n) is 5.55. The largest absolute Gasteiger partial charge is 0.396 e. The van der Waals surface area contributed by atoms with Gasteiger partial charge in [-0.2, -0.15) is 0 Å². The zero-order valence-corrected chi connectivity index (χ0v) is 12.8. The summed E-state index contributed by atoms with van der Waals surface area (Å²) in [7, 11) is -0.957. The Hall–Kier alpha value is -1.43. The molecule has 4 nitrogen and oxygen atoms in total. The van der Waals surface area contributed by atoms with E-state index < -0.39 is 16.6 Å². The summed E-state index contributed by atoms with van der Waals surface area (Å²) in [5, 5.41) is 2.64. The Morgan fingerprint density at radius 3 is 2.60 bits per heavy atom. The number of carbonyl (C=O) groups is 1. The topological polar surface area (TPSA) is 72.2 Å². The fraction of sp³-hybridized carbons (Fsp3) is 0.500. The number of nitrogens with two attached hydrogens (primary N) is 1. The Morgan fingerprint density at radius 1 is 1.40 bits per heavy atom. The molecule has 0 radical (unpaired) electrons. The molecule has 3 N–H and O–H groups in total. The average Bonchev–Trinajstić information content (AvgIpc) is 2.32. The van der Waals surface area contributed by atoms with E-state index in [4.69, 9.17) is 5.73 Å². The molecular formula is C14H21FN2O2S. The summed E-state index contributed by atoms with van der Waals surface area (Å²) in [6.07, 6.45) is 0.825. The fourth-order valence-corrected chi connectivity index (χ4v) is 2.53. The van der Waals surface area contributed by atoms with E-state index in [1.54, 1.807) is 0 Å². The van der Waals surface area contributed by atoms with Crippen LogP contribution in [0.2, 0.25) is 0 Å². The number of benzene rings is 1. The quantitative estimate of drug-likeness (QED) is 0.821. The van der Waals surface area contributed by atoms with Gasteiger partial charge in [0.1, 0.15) is 5.82 Å². The third kappa shape index (κ3) is 5.28. The van der Waals surface area contributed by atoms with Gasteiger partial charge in [0.05, 0.1) is 5.69 Å². The number of hydrogen-bond donors (Lipinski definition) is 2. The molecule has 6 heteroatoms. The molecule has 1 amide bonds. The van der Waals surface area contributed by atoms with Crippen LogP contribution in [-0.2, 0) is 15.6 Å². The van der Waals surface area contributed by atoms with Crippen molar-refractivity contribution >= 4 is 28.1 Å². The SMILES string of the molecule is CC(C)(C)S(=O)CCCC(=O)Nc1ccc(F)c(N)c1. The molecule has 0 saturated carbocycles. The first-order chi connectivity index (χ1) is 9.20. The van der Waals surface area contributed by atoms with Crippen molar-refractivity contribution in [2.75, 3.05) is 16.8 Å². The fourth-order valence-electron chi connectivity index (χ4n) is 1.51. The molecule has 1 atom stereocenters. The summed E-state index contributed by atoms with van der Waals surface area (Å²) in [5.41, 5.74) is 5.88. The van der Waals surface area contributed by atoms with Crippen LogP contribution < -0.4 is 11.1 Å². The van der Waals surface area contributed by atoms with E-state index >= 15 is 0 Å². The number of hydrogen-bond acceptors (Lipinski definition) is 3. The van der Waals surface area contributed by atoms with Crippen LogP contribution in [-0.4, -0.2) is 20.6 Å². The van der Waals surface area contributed by atoms with Crippen LogP contribution in [0.5, 0.6) is 0 Å². The molecule has 1 aromatic carbocycles. The highest BCUT2D eigenvalue weighted by molar-refractivity contribution is 7.86. The first-order valence-electron chi connectivity index (χ1n) is 6.43. The van der Waals surface area contributed by atoms with Crippen LogP contribution in [0.15, 0.2) is 18.2 Å². The molecule has 0 fully saturated rings. The Kier molecular flexibility index (Phi) is 5.68. The first kappa shape index (κ1) is 16.6. The second kappa shape index (κ2) is 6.83. The van der Waals surface area contributed by atoms with Gasteiger partial charge >= 0.3 is 0 Å². The van der Waals surface area contributed by atoms with Gasteiger partial charge in [-0.3, -0.25) is 9.00 Å². The lowest BCUT2D eigenvalue weighted by Crippen LogP contribution is -2.24. The van der Waals surface area contributed by atoms with Crippen LogP contribution in [0.3, 0.4) is 0 Å². The Bertz CT molecular complexity index is 512. The summed E-state index contributed by atoms with van der Waals surface area (Å²) < 4.78 is 24.5. The summed E-state index contributed by atoms with van der Waals surface area (Å²) >= 11 is 0.